The first-order valence-electron chi connectivity index (χ1n) is 5.88. The van der Waals surface area contributed by atoms with E-state index in [4.69, 9.17) is 9.47 Å². The van der Waals surface area contributed by atoms with Crippen LogP contribution >= 0.6 is 0 Å². The van der Waals surface area contributed by atoms with Crippen LogP contribution in [-0.2, 0) is 13.5 Å². The maximum absolute atomic E-state index is 12.3. The van der Waals surface area contributed by atoms with Crippen LogP contribution in [0.3, 0.4) is 0 Å². The summed E-state index contributed by atoms with van der Waals surface area (Å²) < 4.78 is 11.9. The van der Waals surface area contributed by atoms with Crippen LogP contribution in [0.2, 0.25) is 0 Å². The van der Waals surface area contributed by atoms with E-state index in [-0.39, 0.29) is 12.2 Å². The van der Waals surface area contributed by atoms with Crippen molar-refractivity contribution in [1.29, 1.82) is 0 Å². The van der Waals surface area contributed by atoms with Crippen LogP contribution in [-0.4, -0.2) is 29.8 Å². The Labute approximate surface area is 111 Å². The quantitative estimate of drug-likeness (QED) is 0.770. The van der Waals surface area contributed by atoms with Gasteiger partial charge in [-0.15, -0.1) is 0 Å². The lowest BCUT2D eigenvalue weighted by Gasteiger charge is -2.08. The highest BCUT2D eigenvalue weighted by Crippen LogP contribution is 2.23. The van der Waals surface area contributed by atoms with Crippen LogP contribution in [0.25, 0.3) is 0 Å². The van der Waals surface area contributed by atoms with Crippen molar-refractivity contribution in [2.75, 3.05) is 14.2 Å². The molecule has 0 bridgehead atoms. The first-order valence-corrected chi connectivity index (χ1v) is 5.88. The number of ether oxygens (including phenoxy) is 2. The molecule has 0 N–H and O–H groups in total. The average molecular weight is 260 g/mol. The normalized spacial score (nSPS) is 10.3. The topological polar surface area (TPSA) is 53.4 Å². The minimum atomic E-state index is -0.0543. The van der Waals surface area contributed by atoms with E-state index in [1.807, 2.05) is 24.3 Å². The van der Waals surface area contributed by atoms with Gasteiger partial charge in [-0.25, -0.2) is 0 Å². The second-order valence-electron chi connectivity index (χ2n) is 4.10. The number of carbonyl (C=O) groups excluding carboxylic acids is 1. The minimum Gasteiger partial charge on any atom is -0.496 e. The molecular formula is C14H16N2O3. The van der Waals surface area contributed by atoms with E-state index in [0.717, 1.165) is 5.56 Å². The number of aryl methyl sites for hydroxylation is 1. The molecule has 1 aromatic carbocycles. The van der Waals surface area contributed by atoms with Gasteiger partial charge in [0, 0.05) is 19.0 Å². The molecule has 0 aliphatic rings. The van der Waals surface area contributed by atoms with Crippen LogP contribution in [0.15, 0.2) is 30.5 Å². The Balaban J connectivity index is 2.28. The fourth-order valence-corrected chi connectivity index (χ4v) is 1.99. The predicted molar refractivity (Wildman–Crippen MR) is 70.8 cm³/mol. The van der Waals surface area contributed by atoms with Gasteiger partial charge in [-0.2, -0.15) is 5.10 Å². The first kappa shape index (κ1) is 13.1. The van der Waals surface area contributed by atoms with Crippen LogP contribution in [0.4, 0.5) is 0 Å². The number of methoxy groups -OCH3 is 2. The van der Waals surface area contributed by atoms with E-state index < -0.39 is 0 Å². The summed E-state index contributed by atoms with van der Waals surface area (Å²) in [6.45, 7) is 0. The van der Waals surface area contributed by atoms with Gasteiger partial charge in [0.1, 0.15) is 11.4 Å². The summed E-state index contributed by atoms with van der Waals surface area (Å²) in [5.74, 6) is 1.14. The number of nitrogens with zero attached hydrogens (tertiary/aromatic N) is 2. The highest BCUT2D eigenvalue weighted by atomic mass is 16.5. The van der Waals surface area contributed by atoms with Gasteiger partial charge >= 0.3 is 0 Å². The Hall–Kier alpha value is -2.30. The smallest absolute Gasteiger partial charge is 0.189 e. The Morgan fingerprint density at radius 2 is 1.89 bits per heavy atom. The molecule has 0 saturated heterocycles. The molecule has 0 radical (unpaired) electrons. The molecule has 100 valence electrons. The third kappa shape index (κ3) is 2.59. The lowest BCUT2D eigenvalue weighted by Crippen LogP contribution is -2.11. The Morgan fingerprint density at radius 3 is 2.58 bits per heavy atom. The van der Waals surface area contributed by atoms with Crippen LogP contribution in [0.5, 0.6) is 11.5 Å². The number of hydrogen-bond acceptors (Lipinski definition) is 4. The van der Waals surface area contributed by atoms with Gasteiger partial charge in [0.15, 0.2) is 11.5 Å². The second kappa shape index (κ2) is 5.56. The molecule has 1 heterocycles. The summed E-state index contributed by atoms with van der Waals surface area (Å²) >= 11 is 0. The molecule has 0 unspecified atom stereocenters. The molecule has 2 aromatic rings. The molecule has 5 nitrogen and oxygen atoms in total. The van der Waals surface area contributed by atoms with E-state index in [2.05, 4.69) is 5.10 Å². The average Bonchev–Trinajstić information content (AvgIpc) is 2.80. The molecule has 2 rings (SSSR count). The number of ketones is 1. The second-order valence-corrected chi connectivity index (χ2v) is 4.10. The Morgan fingerprint density at radius 1 is 1.21 bits per heavy atom. The number of Topliss-reactive ketones (excluding diaryl/α,β-unsaturated/α-hetero) is 1. The van der Waals surface area contributed by atoms with Crippen molar-refractivity contribution >= 4 is 5.78 Å². The summed E-state index contributed by atoms with van der Waals surface area (Å²) in [6.07, 6.45) is 1.79. The fourth-order valence-electron chi connectivity index (χ4n) is 1.99. The number of hydrogen-bond donors (Lipinski definition) is 0. The summed E-state index contributed by atoms with van der Waals surface area (Å²) in [7, 11) is 4.84. The third-order valence-electron chi connectivity index (χ3n) is 2.93. The number of benzene rings is 1. The molecule has 19 heavy (non-hydrogen) atoms. The fraction of sp³-hybridized carbons (Fsp3) is 0.286. The summed E-state index contributed by atoms with van der Waals surface area (Å²) in [6, 6.07) is 7.46. The van der Waals surface area contributed by atoms with Gasteiger partial charge in [-0.1, -0.05) is 18.2 Å². The lowest BCUT2D eigenvalue weighted by atomic mass is 10.1. The molecule has 0 amide bonds. The van der Waals surface area contributed by atoms with E-state index in [1.165, 1.54) is 18.0 Å². The summed E-state index contributed by atoms with van der Waals surface area (Å²) in [5.41, 5.74) is 1.31. The monoisotopic (exact) mass is 260 g/mol. The molecule has 0 spiro atoms. The highest BCUT2D eigenvalue weighted by molar-refractivity contribution is 5.98. The van der Waals surface area contributed by atoms with Crippen LogP contribution < -0.4 is 9.47 Å². The maximum Gasteiger partial charge on any atom is 0.189 e. The van der Waals surface area contributed by atoms with Gasteiger partial charge in [-0.3, -0.25) is 9.48 Å². The van der Waals surface area contributed by atoms with Crippen molar-refractivity contribution in [3.05, 3.63) is 41.7 Å². The van der Waals surface area contributed by atoms with Crippen molar-refractivity contribution < 1.29 is 14.3 Å². The van der Waals surface area contributed by atoms with Crippen molar-refractivity contribution in [2.24, 2.45) is 7.05 Å². The van der Waals surface area contributed by atoms with Gasteiger partial charge in [0.25, 0.3) is 0 Å². The van der Waals surface area contributed by atoms with E-state index >= 15 is 0 Å². The van der Waals surface area contributed by atoms with E-state index in [9.17, 15) is 4.79 Å². The lowest BCUT2D eigenvalue weighted by molar-refractivity contribution is 0.0980. The molecule has 0 fully saturated rings. The molecule has 0 aliphatic carbocycles. The SMILES string of the molecule is COc1ccccc1CC(=O)c1c(OC)cnn1C. The maximum atomic E-state index is 12.3. The molecule has 0 atom stereocenters. The van der Waals surface area contributed by atoms with Crippen molar-refractivity contribution in [2.45, 2.75) is 6.42 Å². The first-order chi connectivity index (χ1) is 9.17. The summed E-state index contributed by atoms with van der Waals surface area (Å²) in [5, 5.41) is 4.03. The van der Waals surface area contributed by atoms with Gasteiger partial charge < -0.3 is 9.47 Å². The van der Waals surface area contributed by atoms with Crippen LogP contribution in [0.1, 0.15) is 16.1 Å². The van der Waals surface area contributed by atoms with E-state index in [0.29, 0.717) is 17.2 Å². The summed E-state index contributed by atoms with van der Waals surface area (Å²) in [4.78, 5) is 12.3. The highest BCUT2D eigenvalue weighted by Gasteiger charge is 2.19. The van der Waals surface area contributed by atoms with Gasteiger partial charge in [0.2, 0.25) is 0 Å². The van der Waals surface area contributed by atoms with Crippen LogP contribution in [0, 0.1) is 0 Å². The molecule has 0 saturated carbocycles. The number of carbonyl (C=O) groups is 1. The van der Waals surface area contributed by atoms with E-state index in [1.54, 1.807) is 14.2 Å². The zero-order valence-electron chi connectivity index (χ0n) is 11.2. The van der Waals surface area contributed by atoms with Crippen molar-refractivity contribution in [1.82, 2.24) is 9.78 Å². The van der Waals surface area contributed by atoms with Gasteiger partial charge in [0.05, 0.1) is 20.4 Å². The molecule has 1 aromatic heterocycles. The standard InChI is InChI=1S/C14H16N2O3/c1-16-14(13(19-3)9-15-16)11(17)8-10-6-4-5-7-12(10)18-2/h4-7,9H,8H2,1-3H3. The number of aromatic nitrogens is 2. The van der Waals surface area contributed by atoms with Crippen molar-refractivity contribution in [3.63, 3.8) is 0 Å². The largest absolute Gasteiger partial charge is 0.496 e. The zero-order valence-corrected chi connectivity index (χ0v) is 11.2. The zero-order chi connectivity index (χ0) is 13.8. The molecule has 5 heteroatoms. The van der Waals surface area contributed by atoms with Gasteiger partial charge in [-0.05, 0) is 6.07 Å². The number of para-hydroxylation sites is 1. The number of rotatable bonds is 5. The third-order valence-corrected chi connectivity index (χ3v) is 2.93. The van der Waals surface area contributed by atoms with Crippen molar-refractivity contribution in [3.8, 4) is 11.5 Å². The minimum absolute atomic E-state index is 0.0543. The Bertz CT molecular complexity index is 590. The molecule has 0 aliphatic heterocycles. The molecular weight excluding hydrogens is 244 g/mol. The Kier molecular flexibility index (Phi) is 3.85. The predicted octanol–water partition coefficient (Wildman–Crippen LogP) is 1.86.